The first-order chi connectivity index (χ1) is 9.52. The van der Waals surface area contributed by atoms with E-state index in [0.29, 0.717) is 0 Å². The first kappa shape index (κ1) is 14.9. The van der Waals surface area contributed by atoms with Crippen molar-refractivity contribution in [3.63, 3.8) is 0 Å². The average molecular weight is 398 g/mol. The van der Waals surface area contributed by atoms with Gasteiger partial charge in [-0.05, 0) is 58.6 Å². The Morgan fingerprint density at radius 3 is 2.55 bits per heavy atom. The van der Waals surface area contributed by atoms with Crippen LogP contribution in [0.3, 0.4) is 0 Å². The number of nitrogens with zero attached hydrogens (tertiary/aromatic N) is 1. The minimum absolute atomic E-state index is 0.0710. The molecule has 0 atom stereocenters. The maximum absolute atomic E-state index is 12.3. The second kappa shape index (κ2) is 6.27. The van der Waals surface area contributed by atoms with E-state index >= 15 is 0 Å². The van der Waals surface area contributed by atoms with E-state index in [1.165, 1.54) is 4.90 Å². The largest absolute Gasteiger partial charge is 0.298 e. The molecule has 2 rings (SSSR count). The zero-order valence-electron chi connectivity index (χ0n) is 10.4. The minimum atomic E-state index is -0.473. The number of halogens is 1. The number of amides is 2. The fraction of sp³-hybridized carbons (Fsp3) is 0.0714. The fourth-order valence-electron chi connectivity index (χ4n) is 1.71. The van der Waals surface area contributed by atoms with Gasteiger partial charge in [0.15, 0.2) is 5.11 Å². The fourth-order valence-corrected chi connectivity index (χ4v) is 2.32. The number of carbonyl (C=O) groups is 2. The number of rotatable bonds is 3. The molecule has 1 aliphatic rings. The molecule has 0 aromatic heterocycles. The molecule has 1 aliphatic heterocycles. The van der Waals surface area contributed by atoms with Gasteiger partial charge in [-0.1, -0.05) is 18.2 Å². The molecule has 0 bridgehead atoms. The molecule has 1 aromatic rings. The summed E-state index contributed by atoms with van der Waals surface area (Å²) >= 11 is 7.17. The van der Waals surface area contributed by atoms with E-state index in [2.05, 4.69) is 34.5 Å². The van der Waals surface area contributed by atoms with E-state index < -0.39 is 11.8 Å². The Morgan fingerprint density at radius 2 is 1.95 bits per heavy atom. The summed E-state index contributed by atoms with van der Waals surface area (Å²) in [6, 6.07) is 7.51. The lowest BCUT2D eigenvalue weighted by Crippen LogP contribution is -2.53. The molecule has 1 heterocycles. The van der Waals surface area contributed by atoms with Gasteiger partial charge in [0, 0.05) is 10.1 Å². The second-order valence-corrected chi connectivity index (χ2v) is 5.71. The number of nitrogens with one attached hydrogen (secondary N) is 1. The maximum atomic E-state index is 12.3. The van der Waals surface area contributed by atoms with Gasteiger partial charge < -0.3 is 0 Å². The Hall–Kier alpha value is -1.54. The molecule has 102 valence electrons. The number of carbonyl (C=O) groups excluding carboxylic acids is 2. The standard InChI is InChI=1S/C14H11IN2O2S/c1-2-7-17-13(19)11(12(18)16-14(17)20)8-9-3-5-10(15)6-4-9/h2-6,8H,1,7H2,(H,16,18,20)/b11-8+. The molecule has 6 heteroatoms. The van der Waals surface area contributed by atoms with Crippen molar-refractivity contribution in [2.24, 2.45) is 0 Å². The highest BCUT2D eigenvalue weighted by Gasteiger charge is 2.32. The third-order valence-electron chi connectivity index (χ3n) is 2.68. The lowest BCUT2D eigenvalue weighted by Gasteiger charge is -2.27. The highest BCUT2D eigenvalue weighted by atomic mass is 127. The van der Waals surface area contributed by atoms with Crippen molar-refractivity contribution in [3.05, 3.63) is 51.6 Å². The number of benzene rings is 1. The predicted molar refractivity (Wildman–Crippen MR) is 89.8 cm³/mol. The van der Waals surface area contributed by atoms with Gasteiger partial charge in [0.2, 0.25) is 0 Å². The number of hydrogen-bond donors (Lipinski definition) is 1. The molecule has 1 saturated heterocycles. The van der Waals surface area contributed by atoms with Gasteiger partial charge in [-0.2, -0.15) is 0 Å². The van der Waals surface area contributed by atoms with Crippen molar-refractivity contribution < 1.29 is 9.59 Å². The highest BCUT2D eigenvalue weighted by molar-refractivity contribution is 14.1. The molecule has 1 N–H and O–H groups in total. The van der Waals surface area contributed by atoms with Crippen LogP contribution in [0.5, 0.6) is 0 Å². The van der Waals surface area contributed by atoms with Crippen molar-refractivity contribution in [2.45, 2.75) is 0 Å². The summed E-state index contributed by atoms with van der Waals surface area (Å²) in [7, 11) is 0. The highest BCUT2D eigenvalue weighted by Crippen LogP contribution is 2.15. The number of hydrogen-bond acceptors (Lipinski definition) is 3. The van der Waals surface area contributed by atoms with E-state index in [9.17, 15) is 9.59 Å². The smallest absolute Gasteiger partial charge is 0.265 e. The Kier molecular flexibility index (Phi) is 4.66. The van der Waals surface area contributed by atoms with Gasteiger partial charge in [-0.15, -0.1) is 6.58 Å². The van der Waals surface area contributed by atoms with Crippen LogP contribution in [0, 0.1) is 3.57 Å². The topological polar surface area (TPSA) is 49.4 Å². The zero-order valence-corrected chi connectivity index (χ0v) is 13.4. The van der Waals surface area contributed by atoms with Crippen molar-refractivity contribution >= 4 is 57.8 Å². The van der Waals surface area contributed by atoms with Crippen molar-refractivity contribution in [1.29, 1.82) is 0 Å². The van der Waals surface area contributed by atoms with Crippen LogP contribution >= 0.6 is 34.8 Å². The maximum Gasteiger partial charge on any atom is 0.265 e. The first-order valence-electron chi connectivity index (χ1n) is 5.78. The molecule has 1 aromatic carbocycles. The summed E-state index contributed by atoms with van der Waals surface area (Å²) in [6.07, 6.45) is 3.12. The van der Waals surface area contributed by atoms with E-state index in [1.807, 2.05) is 24.3 Å². The molecule has 4 nitrogen and oxygen atoms in total. The predicted octanol–water partition coefficient (Wildman–Crippen LogP) is 2.10. The van der Waals surface area contributed by atoms with E-state index in [-0.39, 0.29) is 17.2 Å². The van der Waals surface area contributed by atoms with Crippen LogP contribution in [0.1, 0.15) is 5.56 Å². The SMILES string of the molecule is C=CCN1C(=O)/C(=C/c2ccc(I)cc2)C(=O)NC1=S. The summed E-state index contributed by atoms with van der Waals surface area (Å²) in [6.45, 7) is 3.84. The van der Waals surface area contributed by atoms with Gasteiger partial charge in [0.05, 0.1) is 0 Å². The normalized spacial score (nSPS) is 17.4. The zero-order chi connectivity index (χ0) is 14.7. The molecule has 0 unspecified atom stereocenters. The third kappa shape index (κ3) is 3.13. The average Bonchev–Trinajstić information content (AvgIpc) is 2.41. The van der Waals surface area contributed by atoms with Crippen LogP contribution in [0.25, 0.3) is 6.08 Å². The molecular weight excluding hydrogens is 387 g/mol. The van der Waals surface area contributed by atoms with Crippen LogP contribution in [-0.2, 0) is 9.59 Å². The van der Waals surface area contributed by atoms with Crippen LogP contribution in [-0.4, -0.2) is 28.4 Å². The summed E-state index contributed by atoms with van der Waals surface area (Å²) < 4.78 is 1.08. The molecule has 20 heavy (non-hydrogen) atoms. The monoisotopic (exact) mass is 398 g/mol. The van der Waals surface area contributed by atoms with Gasteiger partial charge in [0.1, 0.15) is 5.57 Å². The first-order valence-corrected chi connectivity index (χ1v) is 7.27. The Bertz CT molecular complexity index is 623. The summed E-state index contributed by atoms with van der Waals surface area (Å²) in [5.41, 5.74) is 0.858. The van der Waals surface area contributed by atoms with Crippen molar-refractivity contribution in [2.75, 3.05) is 6.54 Å². The van der Waals surface area contributed by atoms with Crippen LogP contribution in [0.15, 0.2) is 42.5 Å². The summed E-state index contributed by atoms with van der Waals surface area (Å²) in [5, 5.41) is 2.62. The molecular formula is C14H11IN2O2S. The van der Waals surface area contributed by atoms with Crippen LogP contribution < -0.4 is 5.32 Å². The van der Waals surface area contributed by atoms with Crippen molar-refractivity contribution in [1.82, 2.24) is 10.2 Å². The molecule has 1 fully saturated rings. The lowest BCUT2D eigenvalue weighted by atomic mass is 10.1. The van der Waals surface area contributed by atoms with Crippen LogP contribution in [0.2, 0.25) is 0 Å². The quantitative estimate of drug-likeness (QED) is 0.279. The summed E-state index contributed by atoms with van der Waals surface area (Å²) in [4.78, 5) is 25.5. The van der Waals surface area contributed by atoms with Crippen molar-refractivity contribution in [3.8, 4) is 0 Å². The summed E-state index contributed by atoms with van der Waals surface area (Å²) in [5.74, 6) is -0.879. The Balaban J connectivity index is 2.36. The molecule has 0 spiro atoms. The minimum Gasteiger partial charge on any atom is -0.298 e. The molecule has 2 amide bonds. The Morgan fingerprint density at radius 1 is 1.30 bits per heavy atom. The molecule has 0 saturated carbocycles. The van der Waals surface area contributed by atoms with Gasteiger partial charge in [-0.25, -0.2) is 0 Å². The van der Waals surface area contributed by atoms with E-state index in [0.717, 1.165) is 9.13 Å². The second-order valence-electron chi connectivity index (χ2n) is 4.07. The van der Waals surface area contributed by atoms with Crippen LogP contribution in [0.4, 0.5) is 0 Å². The van der Waals surface area contributed by atoms with E-state index in [1.54, 1.807) is 12.2 Å². The Labute approximate surface area is 135 Å². The molecule has 0 radical (unpaired) electrons. The van der Waals surface area contributed by atoms with Gasteiger partial charge >= 0.3 is 0 Å². The van der Waals surface area contributed by atoms with Gasteiger partial charge in [-0.3, -0.25) is 19.8 Å². The molecule has 0 aliphatic carbocycles. The third-order valence-corrected chi connectivity index (χ3v) is 3.72. The number of thiocarbonyl (C=S) groups is 1. The van der Waals surface area contributed by atoms with E-state index in [4.69, 9.17) is 12.2 Å². The lowest BCUT2D eigenvalue weighted by molar-refractivity contribution is -0.128. The van der Waals surface area contributed by atoms with Gasteiger partial charge in [0.25, 0.3) is 11.8 Å².